The summed E-state index contributed by atoms with van der Waals surface area (Å²) in [6, 6.07) is 7.32. The van der Waals surface area contributed by atoms with E-state index in [-0.39, 0.29) is 12.5 Å². The van der Waals surface area contributed by atoms with Gasteiger partial charge in [0.05, 0.1) is 24.5 Å². The van der Waals surface area contributed by atoms with E-state index in [4.69, 9.17) is 9.47 Å². The van der Waals surface area contributed by atoms with Crippen LogP contribution in [0.1, 0.15) is 23.9 Å². The summed E-state index contributed by atoms with van der Waals surface area (Å²) in [5.41, 5.74) is 3.45. The molecular formula is C18H23N3O3. The number of carbonyl (C=O) groups excluding carboxylic acids is 1. The number of aromatic nitrogens is 2. The van der Waals surface area contributed by atoms with Gasteiger partial charge in [-0.05, 0) is 50.1 Å². The fourth-order valence-electron chi connectivity index (χ4n) is 3.03. The van der Waals surface area contributed by atoms with Crippen LogP contribution >= 0.6 is 0 Å². The fourth-order valence-corrected chi connectivity index (χ4v) is 3.03. The first kappa shape index (κ1) is 16.4. The number of rotatable bonds is 5. The zero-order valence-corrected chi connectivity index (χ0v) is 14.4. The highest BCUT2D eigenvalue weighted by Crippen LogP contribution is 2.22. The molecule has 1 aliphatic rings. The average molecular weight is 329 g/mol. The molecule has 0 saturated carbocycles. The van der Waals surface area contributed by atoms with Gasteiger partial charge in [0, 0.05) is 13.6 Å². The number of nitrogens with zero attached hydrogens (tertiary/aromatic N) is 3. The number of fused-ring (bicyclic) bond motifs is 1. The summed E-state index contributed by atoms with van der Waals surface area (Å²) in [4.78, 5) is 14.2. The lowest BCUT2D eigenvalue weighted by Crippen LogP contribution is -2.39. The lowest BCUT2D eigenvalue weighted by Gasteiger charge is -2.27. The Morgan fingerprint density at radius 3 is 2.54 bits per heavy atom. The molecule has 1 aromatic carbocycles. The van der Waals surface area contributed by atoms with E-state index in [1.165, 1.54) is 5.56 Å². The van der Waals surface area contributed by atoms with E-state index in [9.17, 15) is 4.79 Å². The van der Waals surface area contributed by atoms with Crippen molar-refractivity contribution >= 4 is 5.91 Å². The third-order valence-electron chi connectivity index (χ3n) is 4.30. The van der Waals surface area contributed by atoms with Gasteiger partial charge in [-0.15, -0.1) is 0 Å². The number of aryl methyl sites for hydroxylation is 2. The Kier molecular flexibility index (Phi) is 4.74. The van der Waals surface area contributed by atoms with E-state index in [2.05, 4.69) is 5.10 Å². The molecule has 0 unspecified atom stereocenters. The molecule has 2 heterocycles. The smallest absolute Gasteiger partial charge is 0.260 e. The topological polar surface area (TPSA) is 56.6 Å². The van der Waals surface area contributed by atoms with E-state index >= 15 is 0 Å². The molecule has 0 atom stereocenters. The molecule has 6 heteroatoms. The fraction of sp³-hybridized carbons (Fsp3) is 0.444. The van der Waals surface area contributed by atoms with Gasteiger partial charge in [-0.3, -0.25) is 9.48 Å². The summed E-state index contributed by atoms with van der Waals surface area (Å²) < 4.78 is 12.9. The van der Waals surface area contributed by atoms with Gasteiger partial charge in [0.2, 0.25) is 0 Å². The first-order valence-corrected chi connectivity index (χ1v) is 8.23. The van der Waals surface area contributed by atoms with Crippen LogP contribution in [0.25, 0.3) is 0 Å². The molecule has 0 aliphatic carbocycles. The first-order valence-electron chi connectivity index (χ1n) is 8.23. The molecule has 0 N–H and O–H groups in total. The predicted octanol–water partition coefficient (Wildman–Crippen LogP) is 2.09. The number of benzene rings is 1. The predicted molar refractivity (Wildman–Crippen MR) is 90.2 cm³/mol. The van der Waals surface area contributed by atoms with Gasteiger partial charge in [-0.2, -0.15) is 5.10 Å². The molecule has 1 aromatic heterocycles. The molecule has 3 rings (SSSR count). The van der Waals surface area contributed by atoms with Crippen LogP contribution in [0.15, 0.2) is 24.3 Å². The molecule has 0 radical (unpaired) electrons. The van der Waals surface area contributed by atoms with Crippen LogP contribution in [0.3, 0.4) is 0 Å². The second-order valence-electron chi connectivity index (χ2n) is 5.89. The molecule has 0 bridgehead atoms. The van der Waals surface area contributed by atoms with Crippen LogP contribution in [0.2, 0.25) is 0 Å². The molecule has 128 valence electrons. The highest BCUT2D eigenvalue weighted by molar-refractivity contribution is 5.78. The third kappa shape index (κ3) is 3.37. The zero-order valence-electron chi connectivity index (χ0n) is 14.4. The summed E-state index contributed by atoms with van der Waals surface area (Å²) in [7, 11) is 1.93. The second kappa shape index (κ2) is 6.95. The molecule has 1 amide bonds. The molecule has 1 aliphatic heterocycles. The average Bonchev–Trinajstić information content (AvgIpc) is 2.88. The van der Waals surface area contributed by atoms with Crippen molar-refractivity contribution in [1.82, 2.24) is 14.7 Å². The minimum absolute atomic E-state index is 0.00612. The summed E-state index contributed by atoms with van der Waals surface area (Å²) >= 11 is 0. The van der Waals surface area contributed by atoms with E-state index < -0.39 is 0 Å². The molecule has 2 aromatic rings. The third-order valence-corrected chi connectivity index (χ3v) is 4.30. The minimum atomic E-state index is -0.00612. The lowest BCUT2D eigenvalue weighted by molar-refractivity contribution is -0.134. The maximum atomic E-state index is 12.4. The molecular weight excluding hydrogens is 306 g/mol. The van der Waals surface area contributed by atoms with Gasteiger partial charge in [-0.25, -0.2) is 0 Å². The van der Waals surface area contributed by atoms with Crippen molar-refractivity contribution in [2.24, 2.45) is 7.05 Å². The molecule has 6 nitrogen and oxygen atoms in total. The van der Waals surface area contributed by atoms with E-state index in [0.29, 0.717) is 25.4 Å². The summed E-state index contributed by atoms with van der Waals surface area (Å²) in [5, 5.41) is 4.44. The summed E-state index contributed by atoms with van der Waals surface area (Å²) in [5.74, 6) is 1.46. The Balaban J connectivity index is 1.57. The molecule has 0 saturated heterocycles. The minimum Gasteiger partial charge on any atom is -0.494 e. The lowest BCUT2D eigenvalue weighted by atomic mass is 10.0. The van der Waals surface area contributed by atoms with Crippen molar-refractivity contribution in [3.05, 3.63) is 41.2 Å². The SMILES string of the molecule is CCOc1ccc(OCC(=O)N2CCc3c(C)nn(C)c3C2)cc1. The number of carbonyl (C=O) groups is 1. The zero-order chi connectivity index (χ0) is 17.1. The van der Waals surface area contributed by atoms with Crippen LogP contribution in [0, 0.1) is 6.92 Å². The maximum absolute atomic E-state index is 12.4. The van der Waals surface area contributed by atoms with Gasteiger partial charge in [0.25, 0.3) is 5.91 Å². The number of hydrogen-bond donors (Lipinski definition) is 0. The Labute approximate surface area is 142 Å². The van der Waals surface area contributed by atoms with Crippen LogP contribution in [0.5, 0.6) is 11.5 Å². The number of ether oxygens (including phenoxy) is 2. The Hall–Kier alpha value is -2.50. The molecule has 0 fully saturated rings. The Bertz CT molecular complexity index is 722. The van der Waals surface area contributed by atoms with E-state index in [0.717, 1.165) is 23.6 Å². The standard InChI is InChI=1S/C18H23N3O3/c1-4-23-14-5-7-15(8-6-14)24-12-18(22)21-10-9-16-13(2)19-20(3)17(16)11-21/h5-8H,4,9-12H2,1-3H3. The van der Waals surface area contributed by atoms with Crippen LogP contribution in [-0.4, -0.2) is 40.3 Å². The molecule has 0 spiro atoms. The highest BCUT2D eigenvalue weighted by atomic mass is 16.5. The quantitative estimate of drug-likeness (QED) is 0.843. The van der Waals surface area contributed by atoms with Crippen molar-refractivity contribution in [3.63, 3.8) is 0 Å². The largest absolute Gasteiger partial charge is 0.494 e. The Morgan fingerprint density at radius 2 is 1.88 bits per heavy atom. The number of amides is 1. The van der Waals surface area contributed by atoms with Crippen LogP contribution in [0.4, 0.5) is 0 Å². The monoisotopic (exact) mass is 329 g/mol. The Morgan fingerprint density at radius 1 is 1.21 bits per heavy atom. The van der Waals surface area contributed by atoms with Gasteiger partial charge in [0.15, 0.2) is 6.61 Å². The van der Waals surface area contributed by atoms with Crippen LogP contribution < -0.4 is 9.47 Å². The van der Waals surface area contributed by atoms with Gasteiger partial charge in [-0.1, -0.05) is 0 Å². The van der Waals surface area contributed by atoms with Crippen molar-refractivity contribution < 1.29 is 14.3 Å². The normalized spacial score (nSPS) is 13.5. The first-order chi connectivity index (χ1) is 11.6. The van der Waals surface area contributed by atoms with Crippen LogP contribution in [-0.2, 0) is 24.8 Å². The van der Waals surface area contributed by atoms with Crippen molar-refractivity contribution in [2.75, 3.05) is 19.8 Å². The van der Waals surface area contributed by atoms with Crippen molar-refractivity contribution in [3.8, 4) is 11.5 Å². The highest BCUT2D eigenvalue weighted by Gasteiger charge is 2.25. The summed E-state index contributed by atoms with van der Waals surface area (Å²) in [6.07, 6.45) is 0.851. The summed E-state index contributed by atoms with van der Waals surface area (Å²) in [6.45, 7) is 5.94. The second-order valence-corrected chi connectivity index (χ2v) is 5.89. The number of hydrogen-bond acceptors (Lipinski definition) is 4. The van der Waals surface area contributed by atoms with Gasteiger partial charge < -0.3 is 14.4 Å². The van der Waals surface area contributed by atoms with Gasteiger partial charge >= 0.3 is 0 Å². The molecule has 24 heavy (non-hydrogen) atoms. The maximum Gasteiger partial charge on any atom is 0.260 e. The van der Waals surface area contributed by atoms with E-state index in [1.807, 2.05) is 54.7 Å². The van der Waals surface area contributed by atoms with Crippen molar-refractivity contribution in [2.45, 2.75) is 26.8 Å². The van der Waals surface area contributed by atoms with Gasteiger partial charge in [0.1, 0.15) is 11.5 Å². The van der Waals surface area contributed by atoms with E-state index in [1.54, 1.807) is 0 Å². The van der Waals surface area contributed by atoms with Crippen molar-refractivity contribution in [1.29, 1.82) is 0 Å².